The molecule has 0 aliphatic carbocycles. The van der Waals surface area contributed by atoms with Gasteiger partial charge in [-0.15, -0.1) is 0 Å². The van der Waals surface area contributed by atoms with E-state index < -0.39 is 11.8 Å². The lowest BCUT2D eigenvalue weighted by Crippen LogP contribution is -2.06. The van der Waals surface area contributed by atoms with Crippen LogP contribution >= 0.6 is 23.2 Å². The van der Waals surface area contributed by atoms with Gasteiger partial charge in [-0.05, 0) is 30.3 Å². The molecule has 110 valence electrons. The maximum absolute atomic E-state index is 13.0. The number of hydrogen-bond donors (Lipinski definition) is 0. The maximum atomic E-state index is 13.0. The zero-order chi connectivity index (χ0) is 15.4. The van der Waals surface area contributed by atoms with E-state index >= 15 is 0 Å². The van der Waals surface area contributed by atoms with Gasteiger partial charge in [0.2, 0.25) is 0 Å². The minimum absolute atomic E-state index is 0.0880. The zero-order valence-corrected chi connectivity index (χ0v) is 12.5. The molecule has 0 saturated carbocycles. The minimum Gasteiger partial charge on any atom is -0.488 e. The summed E-state index contributed by atoms with van der Waals surface area (Å²) in [6, 6.07) is 8.61. The van der Waals surface area contributed by atoms with Crippen LogP contribution in [0.3, 0.4) is 0 Å². The first-order chi connectivity index (χ1) is 10.0. The highest BCUT2D eigenvalue weighted by molar-refractivity contribution is 6.31. The molecule has 0 aliphatic rings. The fourth-order valence-electron chi connectivity index (χ4n) is 1.69. The smallest absolute Gasteiger partial charge is 0.341 e. The van der Waals surface area contributed by atoms with Crippen molar-refractivity contribution in [3.8, 4) is 5.75 Å². The molecule has 0 N–H and O–H groups in total. The molecule has 21 heavy (non-hydrogen) atoms. The van der Waals surface area contributed by atoms with Crippen molar-refractivity contribution in [2.45, 2.75) is 6.61 Å². The SMILES string of the molecule is COC(=O)c1cc(Cl)ccc1OCc1ccc(F)cc1Cl. The highest BCUT2D eigenvalue weighted by Gasteiger charge is 2.14. The monoisotopic (exact) mass is 328 g/mol. The number of benzene rings is 2. The van der Waals surface area contributed by atoms with Gasteiger partial charge in [-0.25, -0.2) is 9.18 Å². The van der Waals surface area contributed by atoms with Gasteiger partial charge in [0.15, 0.2) is 0 Å². The second kappa shape index (κ2) is 6.78. The quantitative estimate of drug-likeness (QED) is 0.775. The van der Waals surface area contributed by atoms with E-state index in [0.717, 1.165) is 0 Å². The van der Waals surface area contributed by atoms with Crippen molar-refractivity contribution in [3.05, 3.63) is 63.4 Å². The Morgan fingerprint density at radius 3 is 2.62 bits per heavy atom. The Kier molecular flexibility index (Phi) is 5.04. The minimum atomic E-state index is -0.558. The third-order valence-corrected chi connectivity index (χ3v) is 3.33. The molecule has 6 heteroatoms. The van der Waals surface area contributed by atoms with Gasteiger partial charge in [-0.3, -0.25) is 0 Å². The van der Waals surface area contributed by atoms with Crippen LogP contribution < -0.4 is 4.74 Å². The summed E-state index contributed by atoms with van der Waals surface area (Å²) >= 11 is 11.8. The Bertz CT molecular complexity index is 674. The zero-order valence-electron chi connectivity index (χ0n) is 11.0. The summed E-state index contributed by atoms with van der Waals surface area (Å²) in [5.41, 5.74) is 0.812. The van der Waals surface area contributed by atoms with E-state index in [1.165, 1.54) is 31.4 Å². The number of hydrogen-bond acceptors (Lipinski definition) is 3. The van der Waals surface area contributed by atoms with E-state index in [4.69, 9.17) is 27.9 Å². The molecule has 0 spiro atoms. The van der Waals surface area contributed by atoms with E-state index in [1.54, 1.807) is 12.1 Å². The summed E-state index contributed by atoms with van der Waals surface area (Å²) in [5.74, 6) is -0.671. The molecule has 3 nitrogen and oxygen atoms in total. The summed E-state index contributed by atoms with van der Waals surface area (Å²) in [4.78, 5) is 11.7. The first-order valence-corrected chi connectivity index (χ1v) is 6.71. The van der Waals surface area contributed by atoms with E-state index in [2.05, 4.69) is 4.74 Å². The van der Waals surface area contributed by atoms with Gasteiger partial charge in [0.1, 0.15) is 23.7 Å². The van der Waals surface area contributed by atoms with Crippen molar-refractivity contribution in [3.63, 3.8) is 0 Å². The van der Waals surface area contributed by atoms with Gasteiger partial charge in [0.05, 0.1) is 12.1 Å². The van der Waals surface area contributed by atoms with Crippen LogP contribution in [0.25, 0.3) is 0 Å². The molecular weight excluding hydrogens is 318 g/mol. The number of halogens is 3. The average molecular weight is 329 g/mol. The molecule has 0 aliphatic heterocycles. The Morgan fingerprint density at radius 2 is 1.95 bits per heavy atom. The summed E-state index contributed by atoms with van der Waals surface area (Å²) < 4.78 is 23.2. The molecular formula is C15H11Cl2FO3. The van der Waals surface area contributed by atoms with Gasteiger partial charge in [-0.2, -0.15) is 0 Å². The number of carbonyl (C=O) groups is 1. The van der Waals surface area contributed by atoms with Crippen molar-refractivity contribution < 1.29 is 18.7 Å². The van der Waals surface area contributed by atoms with Crippen LogP contribution in [0.5, 0.6) is 5.75 Å². The molecule has 2 rings (SSSR count). The summed E-state index contributed by atoms with van der Waals surface area (Å²) in [5, 5.41) is 0.645. The third-order valence-electron chi connectivity index (χ3n) is 2.75. The fourth-order valence-corrected chi connectivity index (χ4v) is 2.09. The Balaban J connectivity index is 2.21. The Morgan fingerprint density at radius 1 is 1.19 bits per heavy atom. The lowest BCUT2D eigenvalue weighted by molar-refractivity contribution is 0.0595. The molecule has 0 heterocycles. The fraction of sp³-hybridized carbons (Fsp3) is 0.133. The molecule has 0 atom stereocenters. The van der Waals surface area contributed by atoms with Crippen molar-refractivity contribution in [1.29, 1.82) is 0 Å². The van der Waals surface area contributed by atoms with Crippen LogP contribution in [0.4, 0.5) is 4.39 Å². The van der Waals surface area contributed by atoms with Crippen molar-refractivity contribution in [1.82, 2.24) is 0 Å². The second-order valence-electron chi connectivity index (χ2n) is 4.16. The average Bonchev–Trinajstić information content (AvgIpc) is 2.46. The lowest BCUT2D eigenvalue weighted by Gasteiger charge is -2.11. The highest BCUT2D eigenvalue weighted by Crippen LogP contribution is 2.26. The number of ether oxygens (including phenoxy) is 2. The molecule has 2 aromatic rings. The van der Waals surface area contributed by atoms with Gasteiger partial charge in [0.25, 0.3) is 0 Å². The molecule has 0 radical (unpaired) electrons. The molecule has 0 amide bonds. The number of esters is 1. The molecule has 0 bridgehead atoms. The van der Waals surface area contributed by atoms with Gasteiger partial charge in [0, 0.05) is 10.6 Å². The summed E-state index contributed by atoms with van der Waals surface area (Å²) in [6.07, 6.45) is 0. The molecule has 0 fully saturated rings. The van der Waals surface area contributed by atoms with Crippen LogP contribution in [0, 0.1) is 5.82 Å². The Labute approximate surface area is 131 Å². The normalized spacial score (nSPS) is 10.3. The Hall–Kier alpha value is -1.78. The van der Waals surface area contributed by atoms with Crippen LogP contribution in [0.1, 0.15) is 15.9 Å². The van der Waals surface area contributed by atoms with E-state index in [1.807, 2.05) is 0 Å². The van der Waals surface area contributed by atoms with Crippen molar-refractivity contribution in [2.75, 3.05) is 7.11 Å². The molecule has 0 saturated heterocycles. The summed E-state index contributed by atoms with van der Waals surface area (Å²) in [7, 11) is 1.27. The number of methoxy groups -OCH3 is 1. The van der Waals surface area contributed by atoms with E-state index in [0.29, 0.717) is 16.3 Å². The molecule has 2 aromatic carbocycles. The van der Waals surface area contributed by atoms with Gasteiger partial charge in [-0.1, -0.05) is 29.3 Å². The lowest BCUT2D eigenvalue weighted by atomic mass is 10.2. The molecule has 0 unspecified atom stereocenters. The van der Waals surface area contributed by atoms with Crippen molar-refractivity contribution >= 4 is 29.2 Å². The van der Waals surface area contributed by atoms with Crippen molar-refractivity contribution in [2.24, 2.45) is 0 Å². The van der Waals surface area contributed by atoms with Crippen LogP contribution in [-0.4, -0.2) is 13.1 Å². The largest absolute Gasteiger partial charge is 0.488 e. The summed E-state index contributed by atoms with van der Waals surface area (Å²) in [6.45, 7) is 0.0880. The second-order valence-corrected chi connectivity index (χ2v) is 5.00. The van der Waals surface area contributed by atoms with E-state index in [9.17, 15) is 9.18 Å². The van der Waals surface area contributed by atoms with Crippen LogP contribution in [0.2, 0.25) is 10.0 Å². The predicted octanol–water partition coefficient (Wildman–Crippen LogP) is 4.50. The maximum Gasteiger partial charge on any atom is 0.341 e. The van der Waals surface area contributed by atoms with Gasteiger partial charge < -0.3 is 9.47 Å². The highest BCUT2D eigenvalue weighted by atomic mass is 35.5. The number of carbonyl (C=O) groups excluding carboxylic acids is 1. The van der Waals surface area contributed by atoms with Gasteiger partial charge >= 0.3 is 5.97 Å². The topological polar surface area (TPSA) is 35.5 Å². The molecule has 0 aromatic heterocycles. The standard InChI is InChI=1S/C15H11Cl2FO3/c1-20-15(19)12-6-10(16)3-5-14(12)21-8-9-2-4-11(18)7-13(9)17/h2-7H,8H2,1H3. The van der Waals surface area contributed by atoms with Crippen LogP contribution in [0.15, 0.2) is 36.4 Å². The first kappa shape index (κ1) is 15.6. The predicted molar refractivity (Wildman–Crippen MR) is 78.5 cm³/mol. The van der Waals surface area contributed by atoms with Crippen LogP contribution in [-0.2, 0) is 11.3 Å². The van der Waals surface area contributed by atoms with E-state index in [-0.39, 0.29) is 17.2 Å². The first-order valence-electron chi connectivity index (χ1n) is 5.96. The number of rotatable bonds is 4. The third kappa shape index (κ3) is 3.86.